The van der Waals surface area contributed by atoms with Crippen LogP contribution in [0.5, 0.6) is 0 Å². The highest BCUT2D eigenvalue weighted by molar-refractivity contribution is 5.92. The van der Waals surface area contributed by atoms with Crippen LogP contribution in [0, 0.1) is 13.8 Å². The van der Waals surface area contributed by atoms with Crippen molar-refractivity contribution in [1.29, 1.82) is 0 Å². The minimum Gasteiger partial charge on any atom is -0.361 e. The Kier molecular flexibility index (Phi) is 3.68. The molecule has 6 nitrogen and oxygen atoms in total. The number of hydrogen-bond donors (Lipinski definition) is 0. The zero-order valence-corrected chi connectivity index (χ0v) is 12.2. The first-order chi connectivity index (χ1) is 10.1. The van der Waals surface area contributed by atoms with E-state index in [4.69, 9.17) is 4.52 Å². The summed E-state index contributed by atoms with van der Waals surface area (Å²) in [5.74, 6) is 0.672. The van der Waals surface area contributed by atoms with E-state index in [-0.39, 0.29) is 11.9 Å². The van der Waals surface area contributed by atoms with Gasteiger partial charge in [-0.3, -0.25) is 9.78 Å². The standard InChI is InChI=1S/C15H18N4O2/c1-10-8-17-13(9-16-10)15(20)19-6-4-3-5-14(19)12-7-11(2)21-18-12/h7-9,14H,3-6H2,1-2H3/t14-/m0/s1. The Morgan fingerprint density at radius 3 is 2.81 bits per heavy atom. The predicted octanol–water partition coefficient (Wildman–Crippen LogP) is 2.45. The summed E-state index contributed by atoms with van der Waals surface area (Å²) in [6.07, 6.45) is 6.14. The molecule has 0 unspecified atom stereocenters. The van der Waals surface area contributed by atoms with Gasteiger partial charge in [-0.1, -0.05) is 5.16 Å². The molecule has 1 atom stereocenters. The molecule has 1 saturated heterocycles. The van der Waals surface area contributed by atoms with E-state index >= 15 is 0 Å². The van der Waals surface area contributed by atoms with Crippen molar-refractivity contribution < 1.29 is 9.32 Å². The maximum Gasteiger partial charge on any atom is 0.274 e. The summed E-state index contributed by atoms with van der Waals surface area (Å²) in [7, 11) is 0. The summed E-state index contributed by atoms with van der Waals surface area (Å²) in [5, 5.41) is 4.07. The number of piperidine rings is 1. The molecule has 3 heterocycles. The number of rotatable bonds is 2. The Hall–Kier alpha value is -2.24. The molecule has 21 heavy (non-hydrogen) atoms. The first kappa shape index (κ1) is 13.7. The number of nitrogens with zero attached hydrogens (tertiary/aromatic N) is 4. The average molecular weight is 286 g/mol. The van der Waals surface area contributed by atoms with Crippen molar-refractivity contribution in [3.05, 3.63) is 41.3 Å². The molecule has 0 radical (unpaired) electrons. The van der Waals surface area contributed by atoms with Gasteiger partial charge in [0.25, 0.3) is 5.91 Å². The number of aryl methyl sites for hydroxylation is 2. The average Bonchev–Trinajstić information content (AvgIpc) is 2.94. The molecular formula is C15H18N4O2. The van der Waals surface area contributed by atoms with Crippen molar-refractivity contribution in [3.63, 3.8) is 0 Å². The normalized spacial score (nSPS) is 18.8. The number of hydrogen-bond acceptors (Lipinski definition) is 5. The van der Waals surface area contributed by atoms with Gasteiger partial charge in [-0.15, -0.1) is 0 Å². The summed E-state index contributed by atoms with van der Waals surface area (Å²) in [6.45, 7) is 4.42. The maximum atomic E-state index is 12.7. The van der Waals surface area contributed by atoms with Crippen LogP contribution in [0.1, 0.15) is 52.9 Å². The molecule has 0 bridgehead atoms. The predicted molar refractivity (Wildman–Crippen MR) is 75.6 cm³/mol. The fourth-order valence-electron chi connectivity index (χ4n) is 2.67. The molecule has 1 amide bonds. The zero-order valence-electron chi connectivity index (χ0n) is 12.2. The van der Waals surface area contributed by atoms with E-state index < -0.39 is 0 Å². The van der Waals surface area contributed by atoms with Crippen molar-refractivity contribution in [1.82, 2.24) is 20.0 Å². The van der Waals surface area contributed by atoms with Crippen LogP contribution in [0.4, 0.5) is 0 Å². The highest BCUT2D eigenvalue weighted by atomic mass is 16.5. The monoisotopic (exact) mass is 286 g/mol. The summed E-state index contributed by atoms with van der Waals surface area (Å²) in [4.78, 5) is 22.8. The molecule has 0 saturated carbocycles. The van der Waals surface area contributed by atoms with E-state index in [2.05, 4.69) is 15.1 Å². The number of likely N-dealkylation sites (tertiary alicyclic amines) is 1. The van der Waals surface area contributed by atoms with Gasteiger partial charge in [-0.05, 0) is 33.1 Å². The maximum absolute atomic E-state index is 12.7. The van der Waals surface area contributed by atoms with Crippen molar-refractivity contribution in [3.8, 4) is 0 Å². The summed E-state index contributed by atoms with van der Waals surface area (Å²) in [5.41, 5.74) is 2.00. The molecule has 2 aromatic rings. The van der Waals surface area contributed by atoms with Crippen LogP contribution in [-0.4, -0.2) is 32.5 Å². The van der Waals surface area contributed by atoms with E-state index in [1.807, 2.05) is 24.8 Å². The van der Waals surface area contributed by atoms with Gasteiger partial charge in [0.2, 0.25) is 0 Å². The third-order valence-corrected chi connectivity index (χ3v) is 3.75. The Balaban J connectivity index is 1.87. The topological polar surface area (TPSA) is 72.1 Å². The molecule has 1 aliphatic rings. The third kappa shape index (κ3) is 2.79. The smallest absolute Gasteiger partial charge is 0.274 e. The molecule has 0 N–H and O–H groups in total. The van der Waals surface area contributed by atoms with Crippen LogP contribution in [0.3, 0.4) is 0 Å². The van der Waals surface area contributed by atoms with Crippen molar-refractivity contribution in [2.24, 2.45) is 0 Å². The van der Waals surface area contributed by atoms with Crippen molar-refractivity contribution in [2.75, 3.05) is 6.54 Å². The SMILES string of the molecule is Cc1cnc(C(=O)N2CCCC[C@H]2c2cc(C)on2)cn1. The van der Waals surface area contributed by atoms with Gasteiger partial charge in [0.05, 0.1) is 17.9 Å². The van der Waals surface area contributed by atoms with Gasteiger partial charge in [0.1, 0.15) is 17.1 Å². The molecule has 3 rings (SSSR count). The quantitative estimate of drug-likeness (QED) is 0.848. The van der Waals surface area contributed by atoms with Gasteiger partial charge in [-0.2, -0.15) is 0 Å². The molecule has 1 fully saturated rings. The Bertz CT molecular complexity index is 635. The highest BCUT2D eigenvalue weighted by Gasteiger charge is 2.31. The van der Waals surface area contributed by atoms with E-state index in [1.54, 1.807) is 6.20 Å². The second-order valence-corrected chi connectivity index (χ2v) is 5.42. The van der Waals surface area contributed by atoms with Crippen LogP contribution in [0.2, 0.25) is 0 Å². The van der Waals surface area contributed by atoms with Gasteiger partial charge in [0.15, 0.2) is 0 Å². The van der Waals surface area contributed by atoms with E-state index in [1.165, 1.54) is 6.20 Å². The fraction of sp³-hybridized carbons (Fsp3) is 0.467. The third-order valence-electron chi connectivity index (χ3n) is 3.75. The lowest BCUT2D eigenvalue weighted by Gasteiger charge is -2.34. The first-order valence-corrected chi connectivity index (χ1v) is 7.18. The zero-order chi connectivity index (χ0) is 14.8. The molecular weight excluding hydrogens is 268 g/mol. The number of aromatic nitrogens is 3. The number of carbonyl (C=O) groups excluding carboxylic acids is 1. The lowest BCUT2D eigenvalue weighted by Crippen LogP contribution is -2.39. The van der Waals surface area contributed by atoms with Crippen LogP contribution in [0.15, 0.2) is 23.0 Å². The molecule has 110 valence electrons. The van der Waals surface area contributed by atoms with Crippen molar-refractivity contribution >= 4 is 5.91 Å². The van der Waals surface area contributed by atoms with Gasteiger partial charge in [0, 0.05) is 18.8 Å². The lowest BCUT2D eigenvalue weighted by atomic mass is 9.98. The van der Waals surface area contributed by atoms with Crippen molar-refractivity contribution in [2.45, 2.75) is 39.2 Å². The molecule has 0 spiro atoms. The summed E-state index contributed by atoms with van der Waals surface area (Å²) in [6, 6.07) is 1.86. The lowest BCUT2D eigenvalue weighted by molar-refractivity contribution is 0.0595. The van der Waals surface area contributed by atoms with Gasteiger partial charge < -0.3 is 9.42 Å². The van der Waals surface area contributed by atoms with Gasteiger partial charge >= 0.3 is 0 Å². The second kappa shape index (κ2) is 5.63. The fourth-order valence-corrected chi connectivity index (χ4v) is 2.67. The van der Waals surface area contributed by atoms with Crippen LogP contribution in [-0.2, 0) is 0 Å². The molecule has 6 heteroatoms. The second-order valence-electron chi connectivity index (χ2n) is 5.42. The molecule has 0 aliphatic carbocycles. The summed E-state index contributed by atoms with van der Waals surface area (Å²) < 4.78 is 5.15. The van der Waals surface area contributed by atoms with E-state index in [0.717, 1.165) is 36.4 Å². The largest absolute Gasteiger partial charge is 0.361 e. The Morgan fingerprint density at radius 2 is 2.14 bits per heavy atom. The minimum absolute atomic E-state index is 0.0354. The highest BCUT2D eigenvalue weighted by Crippen LogP contribution is 2.31. The van der Waals surface area contributed by atoms with E-state index in [0.29, 0.717) is 12.2 Å². The minimum atomic E-state index is -0.0900. The Labute approximate surface area is 123 Å². The van der Waals surface area contributed by atoms with Crippen LogP contribution >= 0.6 is 0 Å². The number of amides is 1. The Morgan fingerprint density at radius 1 is 1.29 bits per heavy atom. The summed E-state index contributed by atoms with van der Waals surface area (Å²) >= 11 is 0. The molecule has 0 aromatic carbocycles. The molecule has 1 aliphatic heterocycles. The number of carbonyl (C=O) groups is 1. The van der Waals surface area contributed by atoms with Crippen LogP contribution < -0.4 is 0 Å². The van der Waals surface area contributed by atoms with Gasteiger partial charge in [-0.25, -0.2) is 4.98 Å². The van der Waals surface area contributed by atoms with Crippen LogP contribution in [0.25, 0.3) is 0 Å². The first-order valence-electron chi connectivity index (χ1n) is 7.18. The molecule has 2 aromatic heterocycles. The van der Waals surface area contributed by atoms with E-state index in [9.17, 15) is 4.79 Å².